The highest BCUT2D eigenvalue weighted by molar-refractivity contribution is 6.33. The van der Waals surface area contributed by atoms with Gasteiger partial charge in [-0.1, -0.05) is 35.9 Å². The van der Waals surface area contributed by atoms with Crippen molar-refractivity contribution in [1.82, 2.24) is 10.3 Å². The van der Waals surface area contributed by atoms with Crippen molar-refractivity contribution in [2.24, 2.45) is 0 Å². The van der Waals surface area contributed by atoms with Crippen molar-refractivity contribution in [3.8, 4) is 5.75 Å². The maximum atomic E-state index is 12.4. The number of pyridine rings is 1. The minimum Gasteiger partial charge on any atom is -0.497 e. The molecule has 0 aliphatic rings. The average Bonchev–Trinajstić information content (AvgIpc) is 2.68. The van der Waals surface area contributed by atoms with E-state index < -0.39 is 0 Å². The number of rotatable bonds is 6. The molecule has 0 atom stereocenters. The van der Waals surface area contributed by atoms with Crippen LogP contribution in [0.4, 0.5) is 11.4 Å². The second-order valence-electron chi connectivity index (χ2n) is 5.57. The average molecular weight is 368 g/mol. The Bertz CT molecular complexity index is 898. The molecule has 0 unspecified atom stereocenters. The fraction of sp³-hybridized carbons (Fsp3) is 0.100. The Morgan fingerprint density at radius 3 is 2.62 bits per heavy atom. The molecule has 3 rings (SSSR count). The number of para-hydroxylation sites is 1. The van der Waals surface area contributed by atoms with Gasteiger partial charge < -0.3 is 15.4 Å². The predicted molar refractivity (Wildman–Crippen MR) is 103 cm³/mol. The number of hydrogen-bond donors (Lipinski definition) is 2. The summed E-state index contributed by atoms with van der Waals surface area (Å²) in [7, 11) is 1.62. The molecule has 0 fully saturated rings. The van der Waals surface area contributed by atoms with Gasteiger partial charge in [-0.15, -0.1) is 0 Å². The number of halogens is 1. The van der Waals surface area contributed by atoms with Gasteiger partial charge in [0.15, 0.2) is 0 Å². The van der Waals surface area contributed by atoms with Crippen LogP contribution in [0.25, 0.3) is 0 Å². The van der Waals surface area contributed by atoms with Gasteiger partial charge in [0.25, 0.3) is 5.91 Å². The Morgan fingerprint density at radius 1 is 1.12 bits per heavy atom. The summed E-state index contributed by atoms with van der Waals surface area (Å²) >= 11 is 6.15. The lowest BCUT2D eigenvalue weighted by Crippen LogP contribution is -2.23. The lowest BCUT2D eigenvalue weighted by atomic mass is 10.2. The topological polar surface area (TPSA) is 63.2 Å². The van der Waals surface area contributed by atoms with Crippen LogP contribution in [0.5, 0.6) is 5.75 Å². The first-order chi connectivity index (χ1) is 12.7. The van der Waals surface area contributed by atoms with E-state index in [1.165, 1.54) is 0 Å². The molecule has 0 saturated carbocycles. The van der Waals surface area contributed by atoms with Gasteiger partial charge in [-0.25, -0.2) is 0 Å². The number of hydrogen-bond acceptors (Lipinski definition) is 4. The van der Waals surface area contributed by atoms with E-state index in [4.69, 9.17) is 16.3 Å². The molecule has 0 bridgehead atoms. The van der Waals surface area contributed by atoms with E-state index in [2.05, 4.69) is 15.6 Å². The number of benzene rings is 2. The fourth-order valence-electron chi connectivity index (χ4n) is 2.37. The number of carbonyl (C=O) groups is 1. The van der Waals surface area contributed by atoms with E-state index in [9.17, 15) is 4.79 Å². The molecule has 132 valence electrons. The third-order valence-electron chi connectivity index (χ3n) is 3.76. The zero-order valence-corrected chi connectivity index (χ0v) is 15.0. The molecule has 6 heteroatoms. The second kappa shape index (κ2) is 8.36. The molecule has 1 aromatic heterocycles. The Labute approximate surface area is 157 Å². The van der Waals surface area contributed by atoms with Gasteiger partial charge in [0.05, 0.1) is 17.8 Å². The molecule has 1 heterocycles. The van der Waals surface area contributed by atoms with Crippen molar-refractivity contribution in [1.29, 1.82) is 0 Å². The van der Waals surface area contributed by atoms with Crippen LogP contribution in [0.2, 0.25) is 5.02 Å². The molecule has 0 saturated heterocycles. The molecule has 0 spiro atoms. The largest absolute Gasteiger partial charge is 0.497 e. The van der Waals surface area contributed by atoms with Crippen LogP contribution in [0.3, 0.4) is 0 Å². The fourth-order valence-corrected chi connectivity index (χ4v) is 2.55. The molecule has 26 heavy (non-hydrogen) atoms. The number of nitrogens with zero attached hydrogens (tertiary/aromatic N) is 1. The monoisotopic (exact) mass is 367 g/mol. The van der Waals surface area contributed by atoms with Crippen molar-refractivity contribution in [3.05, 3.63) is 83.1 Å². The molecule has 3 aromatic rings. The zero-order valence-electron chi connectivity index (χ0n) is 14.2. The van der Waals surface area contributed by atoms with Gasteiger partial charge >= 0.3 is 0 Å². The Hall–Kier alpha value is -3.05. The van der Waals surface area contributed by atoms with Crippen molar-refractivity contribution in [2.75, 3.05) is 12.4 Å². The van der Waals surface area contributed by atoms with E-state index in [0.29, 0.717) is 17.3 Å². The molecule has 0 aliphatic heterocycles. The van der Waals surface area contributed by atoms with E-state index in [0.717, 1.165) is 22.7 Å². The first kappa shape index (κ1) is 17.8. The van der Waals surface area contributed by atoms with E-state index in [1.54, 1.807) is 31.5 Å². The predicted octanol–water partition coefficient (Wildman–Crippen LogP) is 4.42. The summed E-state index contributed by atoms with van der Waals surface area (Å²) in [5, 5.41) is 6.65. The summed E-state index contributed by atoms with van der Waals surface area (Å²) in [6, 6.07) is 18.4. The molecular formula is C20H18ClN3O2. The van der Waals surface area contributed by atoms with Crippen molar-refractivity contribution < 1.29 is 9.53 Å². The quantitative estimate of drug-likeness (QED) is 0.677. The number of amides is 1. The first-order valence-corrected chi connectivity index (χ1v) is 8.42. The summed E-state index contributed by atoms with van der Waals surface area (Å²) in [4.78, 5) is 16.5. The Morgan fingerprint density at radius 2 is 1.88 bits per heavy atom. The third-order valence-corrected chi connectivity index (χ3v) is 4.09. The van der Waals surface area contributed by atoms with Gasteiger partial charge in [0.2, 0.25) is 0 Å². The lowest BCUT2D eigenvalue weighted by molar-refractivity contribution is 0.0946. The van der Waals surface area contributed by atoms with Crippen LogP contribution in [0.1, 0.15) is 16.1 Å². The molecule has 2 aromatic carbocycles. The van der Waals surface area contributed by atoms with Gasteiger partial charge in [-0.2, -0.15) is 0 Å². The van der Waals surface area contributed by atoms with Crippen LogP contribution < -0.4 is 15.4 Å². The maximum Gasteiger partial charge on any atom is 0.270 e. The molecule has 1 amide bonds. The van der Waals surface area contributed by atoms with Crippen molar-refractivity contribution in [3.63, 3.8) is 0 Å². The number of anilines is 2. The molecule has 0 radical (unpaired) electrons. The van der Waals surface area contributed by atoms with E-state index in [1.807, 2.05) is 42.5 Å². The highest BCUT2D eigenvalue weighted by Crippen LogP contribution is 2.24. The van der Waals surface area contributed by atoms with Crippen molar-refractivity contribution >= 4 is 28.9 Å². The Balaban J connectivity index is 1.65. The van der Waals surface area contributed by atoms with Crippen LogP contribution in [0.15, 0.2) is 66.9 Å². The molecular weight excluding hydrogens is 350 g/mol. The number of ether oxygens (including phenoxy) is 1. The minimum atomic E-state index is -0.247. The van der Waals surface area contributed by atoms with Crippen LogP contribution >= 0.6 is 11.6 Å². The summed E-state index contributed by atoms with van der Waals surface area (Å²) in [5.74, 6) is 0.531. The number of aromatic nitrogens is 1. The summed E-state index contributed by atoms with van der Waals surface area (Å²) in [5.41, 5.74) is 2.81. The standard InChI is InChI=1S/C20H18ClN3O2/c1-26-16-8-6-14(7-9-16)13-23-20(25)19-12-15(10-11-22-19)24-18-5-3-2-4-17(18)21/h2-12H,13H2,1H3,(H,22,24)(H,23,25). The molecule has 0 aliphatic carbocycles. The lowest BCUT2D eigenvalue weighted by Gasteiger charge is -2.10. The Kier molecular flexibility index (Phi) is 5.71. The number of methoxy groups -OCH3 is 1. The highest BCUT2D eigenvalue weighted by Gasteiger charge is 2.09. The second-order valence-corrected chi connectivity index (χ2v) is 5.97. The summed E-state index contributed by atoms with van der Waals surface area (Å²) in [6.45, 7) is 0.409. The highest BCUT2D eigenvalue weighted by atomic mass is 35.5. The molecule has 5 nitrogen and oxygen atoms in total. The third kappa shape index (κ3) is 4.52. The van der Waals surface area contributed by atoms with Gasteiger partial charge in [-0.05, 0) is 42.0 Å². The van der Waals surface area contributed by atoms with Crippen LogP contribution in [0, 0.1) is 0 Å². The van der Waals surface area contributed by atoms with E-state index in [-0.39, 0.29) is 5.91 Å². The van der Waals surface area contributed by atoms with Crippen LogP contribution in [-0.2, 0) is 6.54 Å². The number of nitrogens with one attached hydrogen (secondary N) is 2. The smallest absolute Gasteiger partial charge is 0.270 e. The minimum absolute atomic E-state index is 0.247. The molecule has 2 N–H and O–H groups in total. The van der Waals surface area contributed by atoms with Gasteiger partial charge in [0.1, 0.15) is 11.4 Å². The maximum absolute atomic E-state index is 12.4. The summed E-state index contributed by atoms with van der Waals surface area (Å²) in [6.07, 6.45) is 1.58. The van der Waals surface area contributed by atoms with Gasteiger partial charge in [0, 0.05) is 18.4 Å². The first-order valence-electron chi connectivity index (χ1n) is 8.04. The SMILES string of the molecule is COc1ccc(CNC(=O)c2cc(Nc3ccccc3Cl)ccn2)cc1. The van der Waals surface area contributed by atoms with Gasteiger partial charge in [-0.3, -0.25) is 9.78 Å². The number of carbonyl (C=O) groups excluding carboxylic acids is 1. The van der Waals surface area contributed by atoms with Crippen LogP contribution in [-0.4, -0.2) is 18.0 Å². The normalized spacial score (nSPS) is 10.2. The zero-order chi connectivity index (χ0) is 18.4. The van der Waals surface area contributed by atoms with Crippen molar-refractivity contribution in [2.45, 2.75) is 6.54 Å². The van der Waals surface area contributed by atoms with E-state index >= 15 is 0 Å². The summed E-state index contributed by atoms with van der Waals surface area (Å²) < 4.78 is 5.12.